The summed E-state index contributed by atoms with van der Waals surface area (Å²) in [6.07, 6.45) is 1.32. The minimum absolute atomic E-state index is 0.0731. The number of hydrogen-bond donors (Lipinski definition) is 0. The van der Waals surface area contributed by atoms with E-state index in [1.165, 1.54) is 12.3 Å². The molecular formula is C13H12N2O4. The maximum atomic E-state index is 11.7. The SMILES string of the molecule is CCOC(=O)c1cnc2c([N+](=O)[O-])cccc2c1C. The van der Waals surface area contributed by atoms with Crippen LogP contribution in [-0.2, 0) is 4.74 Å². The average Bonchev–Trinajstić information content (AvgIpc) is 2.38. The Hall–Kier alpha value is -2.50. The summed E-state index contributed by atoms with van der Waals surface area (Å²) < 4.78 is 4.92. The Kier molecular flexibility index (Phi) is 3.41. The summed E-state index contributed by atoms with van der Waals surface area (Å²) in [6, 6.07) is 4.66. The van der Waals surface area contributed by atoms with Crippen molar-refractivity contribution in [2.24, 2.45) is 0 Å². The number of para-hydroxylation sites is 1. The normalized spacial score (nSPS) is 10.4. The summed E-state index contributed by atoms with van der Waals surface area (Å²) in [5.74, 6) is -0.471. The maximum Gasteiger partial charge on any atom is 0.339 e. The van der Waals surface area contributed by atoms with E-state index in [1.807, 2.05) is 0 Å². The highest BCUT2D eigenvalue weighted by Crippen LogP contribution is 2.27. The van der Waals surface area contributed by atoms with Gasteiger partial charge in [0, 0.05) is 17.6 Å². The Balaban J connectivity index is 2.66. The predicted molar refractivity (Wildman–Crippen MR) is 69.1 cm³/mol. The predicted octanol–water partition coefficient (Wildman–Crippen LogP) is 2.63. The number of pyridine rings is 1. The van der Waals surface area contributed by atoms with Crippen LogP contribution < -0.4 is 0 Å². The van der Waals surface area contributed by atoms with Crippen LogP contribution in [0.4, 0.5) is 5.69 Å². The molecule has 0 fully saturated rings. The topological polar surface area (TPSA) is 82.3 Å². The number of nitro groups is 1. The molecule has 2 aromatic rings. The highest BCUT2D eigenvalue weighted by Gasteiger charge is 2.18. The van der Waals surface area contributed by atoms with Crippen molar-refractivity contribution in [1.29, 1.82) is 0 Å². The van der Waals surface area contributed by atoms with Gasteiger partial charge in [-0.1, -0.05) is 12.1 Å². The minimum atomic E-state index is -0.487. The number of esters is 1. The molecule has 0 atom stereocenters. The molecule has 1 heterocycles. The first-order valence-corrected chi connectivity index (χ1v) is 5.76. The van der Waals surface area contributed by atoms with Gasteiger partial charge in [-0.2, -0.15) is 0 Å². The lowest BCUT2D eigenvalue weighted by molar-refractivity contribution is -0.383. The van der Waals surface area contributed by atoms with Crippen LogP contribution in [0, 0.1) is 17.0 Å². The molecule has 0 spiro atoms. The Morgan fingerprint density at radius 2 is 2.21 bits per heavy atom. The van der Waals surface area contributed by atoms with Crippen LogP contribution >= 0.6 is 0 Å². The molecule has 0 saturated carbocycles. The van der Waals surface area contributed by atoms with Crippen molar-refractivity contribution < 1.29 is 14.5 Å². The Bertz CT molecular complexity index is 667. The number of aromatic nitrogens is 1. The molecule has 0 bridgehead atoms. The van der Waals surface area contributed by atoms with E-state index in [9.17, 15) is 14.9 Å². The molecule has 6 heteroatoms. The third-order valence-electron chi connectivity index (χ3n) is 2.84. The largest absolute Gasteiger partial charge is 0.462 e. The van der Waals surface area contributed by atoms with Crippen LogP contribution in [0.1, 0.15) is 22.8 Å². The zero-order valence-corrected chi connectivity index (χ0v) is 10.5. The summed E-state index contributed by atoms with van der Waals surface area (Å²) in [7, 11) is 0. The summed E-state index contributed by atoms with van der Waals surface area (Å²) in [6.45, 7) is 3.71. The molecule has 1 aromatic heterocycles. The standard InChI is InChI=1S/C13H12N2O4/c1-3-19-13(16)10-7-14-12-9(8(10)2)5-4-6-11(12)15(17)18/h4-7H,3H2,1-2H3. The third-order valence-corrected chi connectivity index (χ3v) is 2.84. The highest BCUT2D eigenvalue weighted by atomic mass is 16.6. The molecule has 0 unspecified atom stereocenters. The number of nitro benzene ring substituents is 1. The monoisotopic (exact) mass is 260 g/mol. The van der Waals surface area contributed by atoms with Crippen LogP contribution in [0.2, 0.25) is 0 Å². The second-order valence-corrected chi connectivity index (χ2v) is 3.95. The van der Waals surface area contributed by atoms with E-state index in [-0.39, 0.29) is 17.8 Å². The quantitative estimate of drug-likeness (QED) is 0.481. The molecule has 0 aliphatic heterocycles. The van der Waals surface area contributed by atoms with Crippen LogP contribution in [-0.4, -0.2) is 22.5 Å². The van der Waals surface area contributed by atoms with Crippen molar-refractivity contribution in [3.05, 3.63) is 45.6 Å². The molecule has 98 valence electrons. The second kappa shape index (κ2) is 5.01. The van der Waals surface area contributed by atoms with Gasteiger partial charge < -0.3 is 4.74 Å². The molecular weight excluding hydrogens is 248 g/mol. The lowest BCUT2D eigenvalue weighted by atomic mass is 10.0. The van der Waals surface area contributed by atoms with E-state index in [0.29, 0.717) is 16.5 Å². The van der Waals surface area contributed by atoms with Crippen LogP contribution in [0.5, 0.6) is 0 Å². The van der Waals surface area contributed by atoms with Gasteiger partial charge in [-0.3, -0.25) is 10.1 Å². The van der Waals surface area contributed by atoms with Gasteiger partial charge in [0.15, 0.2) is 0 Å². The minimum Gasteiger partial charge on any atom is -0.462 e. The number of ether oxygens (including phenoxy) is 1. The second-order valence-electron chi connectivity index (χ2n) is 3.95. The number of nitrogens with zero attached hydrogens (tertiary/aromatic N) is 2. The lowest BCUT2D eigenvalue weighted by Crippen LogP contribution is -2.08. The molecule has 0 amide bonds. The van der Waals surface area contributed by atoms with E-state index in [4.69, 9.17) is 4.74 Å². The zero-order chi connectivity index (χ0) is 14.0. The zero-order valence-electron chi connectivity index (χ0n) is 10.5. The van der Waals surface area contributed by atoms with Crippen molar-refractivity contribution in [2.75, 3.05) is 6.61 Å². The van der Waals surface area contributed by atoms with Crippen molar-refractivity contribution in [1.82, 2.24) is 4.98 Å². The molecule has 1 aromatic carbocycles. The van der Waals surface area contributed by atoms with Crippen molar-refractivity contribution in [3.63, 3.8) is 0 Å². The Morgan fingerprint density at radius 1 is 1.47 bits per heavy atom. The molecule has 0 radical (unpaired) electrons. The number of hydrogen-bond acceptors (Lipinski definition) is 5. The number of carbonyl (C=O) groups is 1. The number of aryl methyl sites for hydroxylation is 1. The molecule has 2 rings (SSSR count). The molecule has 0 saturated heterocycles. The Morgan fingerprint density at radius 3 is 2.84 bits per heavy atom. The summed E-state index contributed by atoms with van der Waals surface area (Å²) in [4.78, 5) is 26.2. The summed E-state index contributed by atoms with van der Waals surface area (Å²) >= 11 is 0. The number of rotatable bonds is 3. The maximum absolute atomic E-state index is 11.7. The van der Waals surface area contributed by atoms with Gasteiger partial charge in [0.1, 0.15) is 5.52 Å². The van der Waals surface area contributed by atoms with Crippen molar-refractivity contribution in [2.45, 2.75) is 13.8 Å². The molecule has 19 heavy (non-hydrogen) atoms. The van der Waals surface area contributed by atoms with E-state index < -0.39 is 10.9 Å². The number of carbonyl (C=O) groups excluding carboxylic acids is 1. The van der Waals surface area contributed by atoms with E-state index in [0.717, 1.165) is 0 Å². The van der Waals surface area contributed by atoms with Crippen molar-refractivity contribution >= 4 is 22.6 Å². The van der Waals surface area contributed by atoms with Gasteiger partial charge in [0.05, 0.1) is 17.1 Å². The van der Waals surface area contributed by atoms with E-state index in [2.05, 4.69) is 4.98 Å². The molecule has 0 N–H and O–H groups in total. The van der Waals surface area contributed by atoms with Gasteiger partial charge in [-0.25, -0.2) is 9.78 Å². The van der Waals surface area contributed by atoms with Crippen molar-refractivity contribution in [3.8, 4) is 0 Å². The Labute approximate surface area is 109 Å². The van der Waals surface area contributed by atoms with E-state index >= 15 is 0 Å². The fourth-order valence-electron chi connectivity index (χ4n) is 1.90. The fraction of sp³-hybridized carbons (Fsp3) is 0.231. The first-order chi connectivity index (χ1) is 9.06. The number of non-ortho nitro benzene ring substituents is 1. The number of benzene rings is 1. The molecule has 6 nitrogen and oxygen atoms in total. The summed E-state index contributed by atoms with van der Waals surface area (Å²) in [5.41, 5.74) is 1.16. The molecule has 0 aliphatic rings. The van der Waals surface area contributed by atoms with Crippen LogP contribution in [0.3, 0.4) is 0 Å². The van der Waals surface area contributed by atoms with Gasteiger partial charge in [0.25, 0.3) is 5.69 Å². The lowest BCUT2D eigenvalue weighted by Gasteiger charge is -2.08. The van der Waals surface area contributed by atoms with Gasteiger partial charge in [-0.05, 0) is 19.4 Å². The average molecular weight is 260 g/mol. The van der Waals surface area contributed by atoms with Gasteiger partial charge >= 0.3 is 5.97 Å². The van der Waals surface area contributed by atoms with E-state index in [1.54, 1.807) is 26.0 Å². The van der Waals surface area contributed by atoms with Crippen LogP contribution in [0.25, 0.3) is 10.9 Å². The van der Waals surface area contributed by atoms with Gasteiger partial charge in [-0.15, -0.1) is 0 Å². The fourth-order valence-corrected chi connectivity index (χ4v) is 1.90. The smallest absolute Gasteiger partial charge is 0.339 e. The first-order valence-electron chi connectivity index (χ1n) is 5.76. The molecule has 0 aliphatic carbocycles. The number of fused-ring (bicyclic) bond motifs is 1. The first kappa shape index (κ1) is 12.9. The van der Waals surface area contributed by atoms with Crippen LogP contribution in [0.15, 0.2) is 24.4 Å². The third kappa shape index (κ3) is 2.24. The summed E-state index contributed by atoms with van der Waals surface area (Å²) in [5, 5.41) is 11.5. The highest BCUT2D eigenvalue weighted by molar-refractivity contribution is 5.99. The van der Waals surface area contributed by atoms with Gasteiger partial charge in [0.2, 0.25) is 0 Å².